The number of hydrogen-bond donors (Lipinski definition) is 2. The number of benzene rings is 1. The smallest absolute Gasteiger partial charge is 0.270 e. The Morgan fingerprint density at radius 1 is 1.32 bits per heavy atom. The van der Waals surface area contributed by atoms with Gasteiger partial charge in [0, 0.05) is 11.3 Å². The van der Waals surface area contributed by atoms with Crippen molar-refractivity contribution in [3.05, 3.63) is 47.7 Å². The maximum absolute atomic E-state index is 12.1. The van der Waals surface area contributed by atoms with Crippen molar-refractivity contribution in [2.75, 3.05) is 0 Å². The Labute approximate surface area is 118 Å². The number of nitrogens with one attached hydrogen (secondary N) is 2. The monoisotopic (exact) mass is 275 g/mol. The topological polar surface area (TPSA) is 44.4 Å². The second-order valence-electron chi connectivity index (χ2n) is 5.08. The zero-order valence-electron chi connectivity index (χ0n) is 11.2. The number of thiocarbonyl (C=S) groups is 1. The molecule has 1 heterocycles. The van der Waals surface area contributed by atoms with E-state index in [4.69, 9.17) is 12.2 Å². The van der Waals surface area contributed by atoms with Crippen LogP contribution in [0.1, 0.15) is 31.1 Å². The van der Waals surface area contributed by atoms with Crippen LogP contribution in [-0.4, -0.2) is 21.6 Å². The molecule has 1 amide bonds. The van der Waals surface area contributed by atoms with Gasteiger partial charge < -0.3 is 5.32 Å². The maximum Gasteiger partial charge on any atom is 0.270 e. The minimum atomic E-state index is -0.199. The first-order chi connectivity index (χ1) is 8.89. The molecule has 1 aliphatic rings. The Kier molecular flexibility index (Phi) is 3.57. The van der Waals surface area contributed by atoms with Crippen LogP contribution < -0.4 is 10.7 Å². The fourth-order valence-corrected chi connectivity index (χ4v) is 2.46. The average molecular weight is 275 g/mol. The van der Waals surface area contributed by atoms with E-state index in [0.29, 0.717) is 10.7 Å². The number of carbonyl (C=O) groups is 1. The molecule has 0 bridgehead atoms. The SMILES string of the molecule is CC1=CC(C)(C)NC(=S)N1NC(=O)c1ccccc1. The van der Waals surface area contributed by atoms with E-state index in [0.717, 1.165) is 5.70 Å². The van der Waals surface area contributed by atoms with Gasteiger partial charge in [0.1, 0.15) is 0 Å². The van der Waals surface area contributed by atoms with Gasteiger partial charge in [-0.05, 0) is 51.2 Å². The fraction of sp³-hybridized carbons (Fsp3) is 0.286. The van der Waals surface area contributed by atoms with Gasteiger partial charge in [-0.25, -0.2) is 5.01 Å². The molecule has 0 fully saturated rings. The highest BCUT2D eigenvalue weighted by atomic mass is 32.1. The Morgan fingerprint density at radius 3 is 2.53 bits per heavy atom. The van der Waals surface area contributed by atoms with Gasteiger partial charge in [-0.1, -0.05) is 18.2 Å². The lowest BCUT2D eigenvalue weighted by atomic mass is 10.0. The van der Waals surface area contributed by atoms with Crippen LogP contribution in [0.25, 0.3) is 0 Å². The molecule has 0 radical (unpaired) electrons. The summed E-state index contributed by atoms with van der Waals surface area (Å²) in [6, 6.07) is 9.05. The summed E-state index contributed by atoms with van der Waals surface area (Å²) in [4.78, 5) is 12.1. The Hall–Kier alpha value is -1.88. The summed E-state index contributed by atoms with van der Waals surface area (Å²) in [7, 11) is 0. The highest BCUT2D eigenvalue weighted by Crippen LogP contribution is 2.17. The molecule has 0 aromatic heterocycles. The molecule has 0 saturated carbocycles. The number of nitrogens with zero attached hydrogens (tertiary/aromatic N) is 1. The van der Waals surface area contributed by atoms with Gasteiger partial charge in [0.05, 0.1) is 5.54 Å². The molecule has 19 heavy (non-hydrogen) atoms. The molecular formula is C14H17N3OS. The Morgan fingerprint density at radius 2 is 1.95 bits per heavy atom. The first-order valence-electron chi connectivity index (χ1n) is 6.07. The molecule has 2 N–H and O–H groups in total. The number of hydrogen-bond acceptors (Lipinski definition) is 2. The summed E-state index contributed by atoms with van der Waals surface area (Å²) in [5.41, 5.74) is 4.10. The zero-order valence-corrected chi connectivity index (χ0v) is 12.0. The summed E-state index contributed by atoms with van der Waals surface area (Å²) in [6.45, 7) is 5.97. The Bertz CT molecular complexity index is 537. The van der Waals surface area contributed by atoms with Crippen LogP contribution in [0.3, 0.4) is 0 Å². The van der Waals surface area contributed by atoms with Crippen molar-refractivity contribution in [3.63, 3.8) is 0 Å². The zero-order chi connectivity index (χ0) is 14.0. The molecule has 100 valence electrons. The van der Waals surface area contributed by atoms with E-state index in [1.807, 2.05) is 45.0 Å². The first kappa shape index (κ1) is 13.5. The third kappa shape index (κ3) is 3.12. The molecule has 1 aliphatic heterocycles. The second kappa shape index (κ2) is 5.01. The minimum absolute atomic E-state index is 0.183. The van der Waals surface area contributed by atoms with Crippen LogP contribution in [0, 0.1) is 0 Å². The van der Waals surface area contributed by atoms with Crippen molar-refractivity contribution in [2.24, 2.45) is 0 Å². The molecule has 1 aromatic rings. The number of amides is 1. The number of carbonyl (C=O) groups excluding carboxylic acids is 1. The molecule has 5 heteroatoms. The summed E-state index contributed by atoms with van der Waals surface area (Å²) in [6.07, 6.45) is 2.02. The van der Waals surface area contributed by atoms with Crippen molar-refractivity contribution >= 4 is 23.2 Å². The number of allylic oxidation sites excluding steroid dienone is 1. The molecule has 0 atom stereocenters. The lowest BCUT2D eigenvalue weighted by molar-refractivity contribution is 0.0885. The standard InChI is InChI=1S/C14H17N3OS/c1-10-9-14(2,3)15-13(19)17(10)16-12(18)11-7-5-4-6-8-11/h4-9H,1-3H3,(H,15,19)(H,16,18). The van der Waals surface area contributed by atoms with Crippen LogP contribution in [0.15, 0.2) is 42.1 Å². The molecule has 4 nitrogen and oxygen atoms in total. The second-order valence-corrected chi connectivity index (χ2v) is 5.47. The lowest BCUT2D eigenvalue weighted by Crippen LogP contribution is -2.58. The largest absolute Gasteiger partial charge is 0.352 e. The van der Waals surface area contributed by atoms with E-state index in [1.54, 1.807) is 17.1 Å². The van der Waals surface area contributed by atoms with Crippen molar-refractivity contribution < 1.29 is 4.79 Å². The van der Waals surface area contributed by atoms with Crippen molar-refractivity contribution in [1.82, 2.24) is 15.8 Å². The van der Waals surface area contributed by atoms with Gasteiger partial charge >= 0.3 is 0 Å². The highest BCUT2D eigenvalue weighted by molar-refractivity contribution is 7.80. The van der Waals surface area contributed by atoms with Gasteiger partial charge in [-0.3, -0.25) is 10.2 Å². The Balaban J connectivity index is 2.16. The van der Waals surface area contributed by atoms with Gasteiger partial charge in [0.25, 0.3) is 5.91 Å². The molecule has 1 aromatic carbocycles. The average Bonchev–Trinajstić information content (AvgIpc) is 2.33. The molecular weight excluding hydrogens is 258 g/mol. The molecule has 0 unspecified atom stereocenters. The predicted octanol–water partition coefficient (Wildman–Crippen LogP) is 2.20. The summed E-state index contributed by atoms with van der Waals surface area (Å²) >= 11 is 5.28. The van der Waals surface area contributed by atoms with Crippen molar-refractivity contribution in [1.29, 1.82) is 0 Å². The summed E-state index contributed by atoms with van der Waals surface area (Å²) < 4.78 is 0. The predicted molar refractivity (Wildman–Crippen MR) is 79.3 cm³/mol. The third-order valence-electron chi connectivity index (χ3n) is 2.80. The minimum Gasteiger partial charge on any atom is -0.352 e. The molecule has 0 saturated heterocycles. The summed E-state index contributed by atoms with van der Waals surface area (Å²) in [5.74, 6) is -0.183. The van der Waals surface area contributed by atoms with E-state index in [2.05, 4.69) is 10.7 Å². The molecule has 2 rings (SSSR count). The van der Waals surface area contributed by atoms with Crippen LogP contribution in [0.4, 0.5) is 0 Å². The molecule has 0 aliphatic carbocycles. The third-order valence-corrected chi connectivity index (χ3v) is 3.09. The van der Waals surface area contributed by atoms with Gasteiger partial charge in [-0.15, -0.1) is 0 Å². The van der Waals surface area contributed by atoms with Gasteiger partial charge in [0.15, 0.2) is 5.11 Å². The number of hydrazine groups is 1. The van der Waals surface area contributed by atoms with Gasteiger partial charge in [0.2, 0.25) is 0 Å². The number of rotatable bonds is 2. The van der Waals surface area contributed by atoms with Crippen LogP contribution in [-0.2, 0) is 0 Å². The van der Waals surface area contributed by atoms with Crippen LogP contribution in [0.2, 0.25) is 0 Å². The molecule has 0 spiro atoms. The van der Waals surface area contributed by atoms with Crippen LogP contribution in [0.5, 0.6) is 0 Å². The van der Waals surface area contributed by atoms with Crippen molar-refractivity contribution in [3.8, 4) is 0 Å². The quantitative estimate of drug-likeness (QED) is 0.812. The van der Waals surface area contributed by atoms with Crippen molar-refractivity contribution in [2.45, 2.75) is 26.3 Å². The van der Waals surface area contributed by atoms with E-state index >= 15 is 0 Å². The summed E-state index contributed by atoms with van der Waals surface area (Å²) in [5, 5.41) is 5.25. The van der Waals surface area contributed by atoms with E-state index < -0.39 is 0 Å². The highest BCUT2D eigenvalue weighted by Gasteiger charge is 2.27. The first-order valence-corrected chi connectivity index (χ1v) is 6.48. The maximum atomic E-state index is 12.1. The van der Waals surface area contributed by atoms with E-state index in [-0.39, 0.29) is 11.4 Å². The van der Waals surface area contributed by atoms with E-state index in [9.17, 15) is 4.79 Å². The van der Waals surface area contributed by atoms with Gasteiger partial charge in [-0.2, -0.15) is 0 Å². The van der Waals surface area contributed by atoms with E-state index in [1.165, 1.54) is 0 Å². The fourth-order valence-electron chi connectivity index (χ4n) is 2.01. The lowest BCUT2D eigenvalue weighted by Gasteiger charge is -2.37. The normalized spacial score (nSPS) is 17.5. The van der Waals surface area contributed by atoms with Crippen LogP contribution >= 0.6 is 12.2 Å².